The van der Waals surface area contributed by atoms with E-state index in [2.05, 4.69) is 14.7 Å². The van der Waals surface area contributed by atoms with Crippen LogP contribution in [0.25, 0.3) is 11.0 Å². The summed E-state index contributed by atoms with van der Waals surface area (Å²) in [6.07, 6.45) is -0.449. The SMILES string of the molecule is O=C(O)CCS(=O)(=O)Nc1nc2ccccc2[nH]1. The highest BCUT2D eigenvalue weighted by Crippen LogP contribution is 2.14. The highest BCUT2D eigenvalue weighted by Gasteiger charge is 2.14. The number of para-hydroxylation sites is 2. The van der Waals surface area contributed by atoms with Gasteiger partial charge in [-0.15, -0.1) is 0 Å². The summed E-state index contributed by atoms with van der Waals surface area (Å²) >= 11 is 0. The molecule has 2 rings (SSSR count). The van der Waals surface area contributed by atoms with E-state index in [1.807, 2.05) is 0 Å². The number of aromatic amines is 1. The van der Waals surface area contributed by atoms with E-state index in [1.54, 1.807) is 24.3 Å². The monoisotopic (exact) mass is 269 g/mol. The Labute approximate surface area is 103 Å². The van der Waals surface area contributed by atoms with Gasteiger partial charge in [0.15, 0.2) is 0 Å². The summed E-state index contributed by atoms with van der Waals surface area (Å²) in [5.74, 6) is -1.56. The summed E-state index contributed by atoms with van der Waals surface area (Å²) < 4.78 is 25.3. The molecule has 0 saturated heterocycles. The second-order valence-electron chi connectivity index (χ2n) is 3.67. The lowest BCUT2D eigenvalue weighted by Crippen LogP contribution is -2.19. The average Bonchev–Trinajstić information content (AvgIpc) is 2.67. The quantitative estimate of drug-likeness (QED) is 0.742. The fourth-order valence-corrected chi connectivity index (χ4v) is 2.36. The molecule has 7 nitrogen and oxygen atoms in total. The summed E-state index contributed by atoms with van der Waals surface area (Å²) in [6.45, 7) is 0. The van der Waals surface area contributed by atoms with Crippen molar-refractivity contribution >= 4 is 33.0 Å². The molecule has 96 valence electrons. The molecule has 1 heterocycles. The standard InChI is InChI=1S/C10H11N3O4S/c14-9(15)5-6-18(16,17)13-10-11-7-3-1-2-4-8(7)12-10/h1-4H,5-6H2,(H,14,15)(H2,11,12,13). The number of fused-ring (bicyclic) bond motifs is 1. The first-order valence-electron chi connectivity index (χ1n) is 5.13. The number of hydrogen-bond acceptors (Lipinski definition) is 4. The number of nitrogens with one attached hydrogen (secondary N) is 2. The molecule has 0 saturated carbocycles. The average molecular weight is 269 g/mol. The molecule has 0 amide bonds. The number of hydrogen-bond donors (Lipinski definition) is 3. The zero-order valence-electron chi connectivity index (χ0n) is 9.25. The molecule has 0 spiro atoms. The van der Waals surface area contributed by atoms with Crippen LogP contribution in [0.4, 0.5) is 5.95 Å². The van der Waals surface area contributed by atoms with Gasteiger partial charge in [0.25, 0.3) is 0 Å². The minimum atomic E-state index is -3.70. The highest BCUT2D eigenvalue weighted by atomic mass is 32.2. The van der Waals surface area contributed by atoms with E-state index < -0.39 is 28.2 Å². The maximum atomic E-state index is 11.5. The van der Waals surface area contributed by atoms with Crippen LogP contribution in [0.15, 0.2) is 24.3 Å². The molecule has 1 aromatic carbocycles. The predicted octanol–water partition coefficient (Wildman–Crippen LogP) is 0.779. The molecule has 0 aliphatic rings. The first kappa shape index (κ1) is 12.4. The summed E-state index contributed by atoms with van der Waals surface area (Å²) in [5, 5.41) is 8.44. The lowest BCUT2D eigenvalue weighted by molar-refractivity contribution is -0.136. The van der Waals surface area contributed by atoms with Crippen LogP contribution in [0.1, 0.15) is 6.42 Å². The molecule has 0 unspecified atom stereocenters. The molecule has 8 heteroatoms. The zero-order valence-corrected chi connectivity index (χ0v) is 10.1. The van der Waals surface area contributed by atoms with Crippen LogP contribution in [0.3, 0.4) is 0 Å². The summed E-state index contributed by atoms with van der Waals surface area (Å²) in [6, 6.07) is 7.08. The number of carbonyl (C=O) groups is 1. The maximum Gasteiger partial charge on any atom is 0.304 e. The van der Waals surface area contributed by atoms with E-state index in [0.717, 1.165) is 0 Å². The van der Waals surface area contributed by atoms with Gasteiger partial charge in [0.2, 0.25) is 16.0 Å². The molecule has 0 bridgehead atoms. The third-order valence-electron chi connectivity index (χ3n) is 2.23. The van der Waals surface area contributed by atoms with Gasteiger partial charge in [-0.1, -0.05) is 12.1 Å². The number of H-pyrrole nitrogens is 1. The number of aliphatic carboxylic acids is 1. The Balaban J connectivity index is 2.15. The maximum absolute atomic E-state index is 11.5. The molecule has 18 heavy (non-hydrogen) atoms. The van der Waals surface area contributed by atoms with Crippen LogP contribution < -0.4 is 4.72 Å². The summed E-state index contributed by atoms with van der Waals surface area (Å²) in [7, 11) is -3.70. The minimum absolute atomic E-state index is 0.0848. The first-order chi connectivity index (χ1) is 8.46. The van der Waals surface area contributed by atoms with E-state index >= 15 is 0 Å². The van der Waals surface area contributed by atoms with Gasteiger partial charge in [-0.25, -0.2) is 13.4 Å². The molecule has 0 atom stereocenters. The van der Waals surface area contributed by atoms with Gasteiger partial charge in [-0.05, 0) is 12.1 Å². The smallest absolute Gasteiger partial charge is 0.304 e. The number of sulfonamides is 1. The van der Waals surface area contributed by atoms with E-state index in [1.165, 1.54) is 0 Å². The fraction of sp³-hybridized carbons (Fsp3) is 0.200. The van der Waals surface area contributed by atoms with Crippen molar-refractivity contribution in [3.8, 4) is 0 Å². The number of carboxylic acids is 1. The van der Waals surface area contributed by atoms with Gasteiger partial charge in [-0.3, -0.25) is 9.52 Å². The molecule has 0 fully saturated rings. The molecule has 2 aromatic rings. The predicted molar refractivity (Wildman–Crippen MR) is 65.8 cm³/mol. The Morgan fingerprint density at radius 3 is 2.78 bits per heavy atom. The second kappa shape index (κ2) is 4.65. The lowest BCUT2D eigenvalue weighted by Gasteiger charge is -2.02. The molecule has 0 radical (unpaired) electrons. The number of rotatable bonds is 5. The van der Waals surface area contributed by atoms with E-state index in [-0.39, 0.29) is 5.95 Å². The Morgan fingerprint density at radius 2 is 2.11 bits per heavy atom. The van der Waals surface area contributed by atoms with Crippen molar-refractivity contribution in [3.05, 3.63) is 24.3 Å². The van der Waals surface area contributed by atoms with E-state index in [4.69, 9.17) is 5.11 Å². The Kier molecular flexibility index (Phi) is 3.19. The Bertz CT molecular complexity index is 644. The van der Waals surface area contributed by atoms with E-state index in [0.29, 0.717) is 11.0 Å². The fourth-order valence-electron chi connectivity index (χ4n) is 1.42. The van der Waals surface area contributed by atoms with Crippen LogP contribution in [-0.2, 0) is 14.8 Å². The Morgan fingerprint density at radius 1 is 1.39 bits per heavy atom. The van der Waals surface area contributed by atoms with Crippen molar-refractivity contribution in [2.24, 2.45) is 0 Å². The third-order valence-corrected chi connectivity index (χ3v) is 3.47. The first-order valence-corrected chi connectivity index (χ1v) is 6.78. The number of carboxylic acid groups (broad SMARTS) is 1. The van der Waals surface area contributed by atoms with Crippen LogP contribution in [0.5, 0.6) is 0 Å². The largest absolute Gasteiger partial charge is 0.481 e. The molecule has 3 N–H and O–H groups in total. The number of aromatic nitrogens is 2. The number of nitrogens with zero attached hydrogens (tertiary/aromatic N) is 1. The topological polar surface area (TPSA) is 112 Å². The molecule has 0 aliphatic carbocycles. The van der Waals surface area contributed by atoms with Crippen molar-refractivity contribution in [1.29, 1.82) is 0 Å². The molecular weight excluding hydrogens is 258 g/mol. The third kappa shape index (κ3) is 2.98. The normalized spacial score (nSPS) is 11.6. The van der Waals surface area contributed by atoms with Crippen molar-refractivity contribution in [2.75, 3.05) is 10.5 Å². The van der Waals surface area contributed by atoms with Crippen molar-refractivity contribution in [2.45, 2.75) is 6.42 Å². The molecule has 0 aliphatic heterocycles. The molecule has 1 aromatic heterocycles. The van der Waals surface area contributed by atoms with Gasteiger partial charge >= 0.3 is 5.97 Å². The lowest BCUT2D eigenvalue weighted by atomic mass is 10.3. The summed E-state index contributed by atoms with van der Waals surface area (Å²) in [4.78, 5) is 17.1. The van der Waals surface area contributed by atoms with Crippen molar-refractivity contribution < 1.29 is 18.3 Å². The van der Waals surface area contributed by atoms with E-state index in [9.17, 15) is 13.2 Å². The highest BCUT2D eigenvalue weighted by molar-refractivity contribution is 7.92. The van der Waals surface area contributed by atoms with Gasteiger partial charge in [-0.2, -0.15) is 0 Å². The van der Waals surface area contributed by atoms with Crippen molar-refractivity contribution in [1.82, 2.24) is 9.97 Å². The number of anilines is 1. The Hall–Kier alpha value is -2.09. The van der Waals surface area contributed by atoms with Gasteiger partial charge in [0, 0.05) is 0 Å². The summed E-state index contributed by atoms with van der Waals surface area (Å²) in [5.41, 5.74) is 1.34. The van der Waals surface area contributed by atoms with Crippen LogP contribution in [0.2, 0.25) is 0 Å². The molecular formula is C10H11N3O4S. The number of benzene rings is 1. The van der Waals surface area contributed by atoms with Gasteiger partial charge in [0.05, 0.1) is 23.2 Å². The van der Waals surface area contributed by atoms with Crippen molar-refractivity contribution in [3.63, 3.8) is 0 Å². The van der Waals surface area contributed by atoms with Gasteiger partial charge in [0.1, 0.15) is 0 Å². The second-order valence-corrected chi connectivity index (χ2v) is 5.51. The van der Waals surface area contributed by atoms with Crippen LogP contribution >= 0.6 is 0 Å². The minimum Gasteiger partial charge on any atom is -0.481 e. The zero-order chi connectivity index (χ0) is 13.2. The van der Waals surface area contributed by atoms with Crippen LogP contribution in [-0.4, -0.2) is 35.2 Å². The van der Waals surface area contributed by atoms with Crippen LogP contribution in [0, 0.1) is 0 Å². The van der Waals surface area contributed by atoms with Gasteiger partial charge < -0.3 is 10.1 Å². The number of imidazole rings is 1.